The molecule has 2 fully saturated rings. The van der Waals surface area contributed by atoms with Crippen LogP contribution in [-0.4, -0.2) is 23.4 Å². The summed E-state index contributed by atoms with van der Waals surface area (Å²) in [5.74, 6) is 0.993. The molecule has 0 bridgehead atoms. The first-order valence-electron chi connectivity index (χ1n) is 6.34. The van der Waals surface area contributed by atoms with Gasteiger partial charge >= 0.3 is 0 Å². The molecule has 1 saturated carbocycles. The first kappa shape index (κ1) is 11.6. The Bertz CT molecular complexity index is 429. The number of likely N-dealkylation sites (tertiary alicyclic amines) is 1. The zero-order valence-corrected chi connectivity index (χ0v) is 11.5. The summed E-state index contributed by atoms with van der Waals surface area (Å²) in [6, 6.07) is 2.41. The van der Waals surface area contributed by atoms with E-state index in [2.05, 4.69) is 17.5 Å². The van der Waals surface area contributed by atoms with Gasteiger partial charge in [-0.3, -0.25) is 4.79 Å². The maximum atomic E-state index is 12.4. The van der Waals surface area contributed by atoms with Gasteiger partial charge in [0.15, 0.2) is 0 Å². The van der Waals surface area contributed by atoms with Crippen LogP contribution in [0.2, 0.25) is 0 Å². The molecule has 2 nitrogen and oxygen atoms in total. The molecule has 17 heavy (non-hydrogen) atoms. The monoisotopic (exact) mass is 267 g/mol. The lowest BCUT2D eigenvalue weighted by Gasteiger charge is -2.31. The van der Waals surface area contributed by atoms with Crippen molar-refractivity contribution in [2.24, 2.45) is 5.92 Å². The standard InChI is InChI=1S/C13H17NOS2/c15-13(12-7-10(16)8-17-12)14-6-5-9-3-1-2-4-11(9)14/h7-9,11,16H,1-6H2. The minimum absolute atomic E-state index is 0.227. The SMILES string of the molecule is O=C(c1cc(S)cs1)N1CCC2CCCCC21. The van der Waals surface area contributed by atoms with Crippen molar-refractivity contribution in [3.8, 4) is 0 Å². The number of thiophene rings is 1. The Morgan fingerprint density at radius 3 is 2.94 bits per heavy atom. The van der Waals surface area contributed by atoms with E-state index in [1.807, 2.05) is 11.4 Å². The fourth-order valence-electron chi connectivity index (χ4n) is 3.24. The van der Waals surface area contributed by atoms with Crippen molar-refractivity contribution in [3.05, 3.63) is 16.3 Å². The van der Waals surface area contributed by atoms with E-state index in [0.717, 1.165) is 22.2 Å². The molecule has 92 valence electrons. The molecule has 0 N–H and O–H groups in total. The fraction of sp³-hybridized carbons (Fsp3) is 0.615. The van der Waals surface area contributed by atoms with E-state index in [-0.39, 0.29) is 5.91 Å². The second kappa shape index (κ2) is 4.65. The number of carbonyl (C=O) groups excluding carboxylic acids is 1. The Morgan fingerprint density at radius 2 is 2.18 bits per heavy atom. The lowest BCUT2D eigenvalue weighted by atomic mass is 9.85. The summed E-state index contributed by atoms with van der Waals surface area (Å²) in [6.07, 6.45) is 6.36. The number of hydrogen-bond acceptors (Lipinski definition) is 3. The van der Waals surface area contributed by atoms with Gasteiger partial charge in [-0.15, -0.1) is 24.0 Å². The number of rotatable bonds is 1. The molecule has 1 aromatic heterocycles. The largest absolute Gasteiger partial charge is 0.335 e. The van der Waals surface area contributed by atoms with Gasteiger partial charge in [-0.05, 0) is 31.2 Å². The van der Waals surface area contributed by atoms with Crippen molar-refractivity contribution < 1.29 is 4.79 Å². The van der Waals surface area contributed by atoms with Crippen LogP contribution in [0.4, 0.5) is 0 Å². The molecular weight excluding hydrogens is 250 g/mol. The number of hydrogen-bond donors (Lipinski definition) is 1. The van der Waals surface area contributed by atoms with Crippen LogP contribution in [0, 0.1) is 5.92 Å². The van der Waals surface area contributed by atoms with Crippen LogP contribution in [0.1, 0.15) is 41.8 Å². The van der Waals surface area contributed by atoms with E-state index in [0.29, 0.717) is 6.04 Å². The second-order valence-corrected chi connectivity index (χ2v) is 6.50. The van der Waals surface area contributed by atoms with Crippen molar-refractivity contribution in [3.63, 3.8) is 0 Å². The molecule has 3 rings (SSSR count). The zero-order chi connectivity index (χ0) is 11.8. The van der Waals surface area contributed by atoms with Gasteiger partial charge in [0.05, 0.1) is 4.88 Å². The molecule has 2 heterocycles. The van der Waals surface area contributed by atoms with Gasteiger partial charge in [-0.25, -0.2) is 0 Å². The number of amides is 1. The number of fused-ring (bicyclic) bond motifs is 1. The van der Waals surface area contributed by atoms with E-state index in [1.165, 1.54) is 43.4 Å². The molecule has 1 aromatic rings. The summed E-state index contributed by atoms with van der Waals surface area (Å²) in [5.41, 5.74) is 0. The van der Waals surface area contributed by atoms with Gasteiger partial charge < -0.3 is 4.90 Å². The van der Waals surface area contributed by atoms with E-state index in [9.17, 15) is 4.79 Å². The average Bonchev–Trinajstić information content (AvgIpc) is 2.94. The number of carbonyl (C=O) groups is 1. The third kappa shape index (κ3) is 2.13. The van der Waals surface area contributed by atoms with Crippen molar-refractivity contribution in [1.29, 1.82) is 0 Å². The Hall–Kier alpha value is -0.480. The van der Waals surface area contributed by atoms with Crippen LogP contribution >= 0.6 is 24.0 Å². The van der Waals surface area contributed by atoms with E-state index in [4.69, 9.17) is 0 Å². The van der Waals surface area contributed by atoms with Gasteiger partial charge in [0.2, 0.25) is 0 Å². The summed E-state index contributed by atoms with van der Waals surface area (Å²) in [6.45, 7) is 0.952. The Balaban J connectivity index is 1.78. The fourth-order valence-corrected chi connectivity index (χ4v) is 4.34. The van der Waals surface area contributed by atoms with E-state index < -0.39 is 0 Å². The molecule has 4 heteroatoms. The van der Waals surface area contributed by atoms with Crippen molar-refractivity contribution in [1.82, 2.24) is 4.90 Å². The highest BCUT2D eigenvalue weighted by molar-refractivity contribution is 7.80. The molecule has 1 aliphatic heterocycles. The predicted molar refractivity (Wildman–Crippen MR) is 73.0 cm³/mol. The molecule has 2 unspecified atom stereocenters. The molecule has 2 aliphatic rings. The van der Waals surface area contributed by atoms with Crippen LogP contribution in [0.5, 0.6) is 0 Å². The maximum absolute atomic E-state index is 12.4. The number of thiol groups is 1. The molecule has 0 radical (unpaired) electrons. The van der Waals surface area contributed by atoms with Crippen LogP contribution in [-0.2, 0) is 0 Å². The van der Waals surface area contributed by atoms with Crippen LogP contribution < -0.4 is 0 Å². The van der Waals surface area contributed by atoms with Crippen LogP contribution in [0.3, 0.4) is 0 Å². The maximum Gasteiger partial charge on any atom is 0.264 e. The molecule has 1 amide bonds. The Kier molecular flexibility index (Phi) is 3.17. The molecule has 1 saturated heterocycles. The predicted octanol–water partition coefficient (Wildman–Crippen LogP) is 3.44. The van der Waals surface area contributed by atoms with Gasteiger partial charge in [0.1, 0.15) is 0 Å². The molecule has 2 atom stereocenters. The van der Waals surface area contributed by atoms with Crippen molar-refractivity contribution >= 4 is 29.9 Å². The molecule has 0 aromatic carbocycles. The highest BCUT2D eigenvalue weighted by Crippen LogP contribution is 2.37. The highest BCUT2D eigenvalue weighted by atomic mass is 32.1. The van der Waals surface area contributed by atoms with Gasteiger partial charge in [0, 0.05) is 22.9 Å². The van der Waals surface area contributed by atoms with Crippen LogP contribution in [0.15, 0.2) is 16.3 Å². The Labute approximate surface area is 111 Å². The van der Waals surface area contributed by atoms with Gasteiger partial charge in [-0.1, -0.05) is 12.8 Å². The Morgan fingerprint density at radius 1 is 1.35 bits per heavy atom. The third-order valence-electron chi connectivity index (χ3n) is 4.07. The average molecular weight is 267 g/mol. The lowest BCUT2D eigenvalue weighted by Crippen LogP contribution is -2.38. The van der Waals surface area contributed by atoms with Crippen molar-refractivity contribution in [2.75, 3.05) is 6.54 Å². The molecular formula is C13H17NOS2. The van der Waals surface area contributed by atoms with Gasteiger partial charge in [0.25, 0.3) is 5.91 Å². The summed E-state index contributed by atoms with van der Waals surface area (Å²) < 4.78 is 0. The van der Waals surface area contributed by atoms with E-state index >= 15 is 0 Å². The smallest absolute Gasteiger partial charge is 0.264 e. The molecule has 0 spiro atoms. The molecule has 1 aliphatic carbocycles. The topological polar surface area (TPSA) is 20.3 Å². The minimum Gasteiger partial charge on any atom is -0.335 e. The van der Waals surface area contributed by atoms with Crippen LogP contribution in [0.25, 0.3) is 0 Å². The summed E-state index contributed by atoms with van der Waals surface area (Å²) in [5, 5.41) is 1.94. The summed E-state index contributed by atoms with van der Waals surface area (Å²) in [7, 11) is 0. The summed E-state index contributed by atoms with van der Waals surface area (Å²) in [4.78, 5) is 16.3. The van der Waals surface area contributed by atoms with Gasteiger partial charge in [-0.2, -0.15) is 0 Å². The highest BCUT2D eigenvalue weighted by Gasteiger charge is 2.38. The summed E-state index contributed by atoms with van der Waals surface area (Å²) >= 11 is 5.79. The normalized spacial score (nSPS) is 28.2. The number of nitrogens with zero attached hydrogens (tertiary/aromatic N) is 1. The first-order valence-corrected chi connectivity index (χ1v) is 7.67. The zero-order valence-electron chi connectivity index (χ0n) is 9.76. The quantitative estimate of drug-likeness (QED) is 0.773. The third-order valence-corrected chi connectivity index (χ3v) is 5.42. The lowest BCUT2D eigenvalue weighted by molar-refractivity contribution is 0.0695. The minimum atomic E-state index is 0.227. The van der Waals surface area contributed by atoms with E-state index in [1.54, 1.807) is 0 Å². The first-order chi connectivity index (χ1) is 8.25. The van der Waals surface area contributed by atoms with Crippen molar-refractivity contribution in [2.45, 2.75) is 43.0 Å². The second-order valence-electron chi connectivity index (χ2n) is 5.07.